The fourth-order valence-corrected chi connectivity index (χ4v) is 0.873. The van der Waals surface area contributed by atoms with Crippen molar-refractivity contribution in [2.75, 3.05) is 39.7 Å². The molecule has 116 valence electrons. The van der Waals surface area contributed by atoms with E-state index >= 15 is 0 Å². The molecule has 0 aliphatic carbocycles. The van der Waals surface area contributed by atoms with Crippen LogP contribution in [0.3, 0.4) is 0 Å². The van der Waals surface area contributed by atoms with Crippen LogP contribution in [0.2, 0.25) is 0 Å². The summed E-state index contributed by atoms with van der Waals surface area (Å²) < 4.78 is 0. The maximum Gasteiger partial charge on any atom is 0.224 e. The highest BCUT2D eigenvalue weighted by molar-refractivity contribution is 5.81. The Labute approximate surface area is 122 Å². The molecule has 2 rings (SSSR count). The van der Waals surface area contributed by atoms with Gasteiger partial charge in [0, 0.05) is 28.2 Å². The minimum Gasteiger partial charge on any atom is -0.382 e. The topological polar surface area (TPSA) is 147 Å². The minimum atomic E-state index is 0.141. The lowest BCUT2D eigenvalue weighted by Crippen LogP contribution is -2.06. The summed E-state index contributed by atoms with van der Waals surface area (Å²) in [7, 11) is 6.75. The van der Waals surface area contributed by atoms with Crippen LogP contribution >= 0.6 is 0 Å². The van der Waals surface area contributed by atoms with Gasteiger partial charge in [0.1, 0.15) is 5.52 Å². The molecule has 5 N–H and O–H groups in total. The van der Waals surface area contributed by atoms with Gasteiger partial charge >= 0.3 is 0 Å². The van der Waals surface area contributed by atoms with E-state index in [2.05, 4.69) is 19.9 Å². The Morgan fingerprint density at radius 3 is 1.95 bits per heavy atom. The van der Waals surface area contributed by atoms with Gasteiger partial charge in [-0.2, -0.15) is 9.97 Å². The van der Waals surface area contributed by atoms with Gasteiger partial charge in [0.25, 0.3) is 0 Å². The van der Waals surface area contributed by atoms with Gasteiger partial charge in [-0.05, 0) is 0 Å². The molecule has 10 nitrogen and oxygen atoms in total. The zero-order valence-electron chi connectivity index (χ0n) is 12.4. The molecule has 0 radical (unpaired) electrons. The van der Waals surface area contributed by atoms with Crippen molar-refractivity contribution in [2.45, 2.75) is 0 Å². The quantitative estimate of drug-likeness (QED) is 0.597. The van der Waals surface area contributed by atoms with E-state index in [1.165, 1.54) is 16.1 Å². The molecule has 2 aromatic heterocycles. The van der Waals surface area contributed by atoms with Crippen LogP contribution < -0.4 is 11.5 Å². The number of hydrogen-bond donors (Lipinski definition) is 3. The number of amides is 2. The van der Waals surface area contributed by atoms with Crippen LogP contribution in [-0.4, -0.2) is 70.7 Å². The van der Waals surface area contributed by atoms with Crippen LogP contribution in [-0.2, 0) is 9.59 Å². The molecule has 0 saturated heterocycles. The third-order valence-corrected chi connectivity index (χ3v) is 1.75. The monoisotopic (exact) mass is 296 g/mol. The second kappa shape index (κ2) is 9.07. The van der Waals surface area contributed by atoms with E-state index in [1.807, 2.05) is 0 Å². The third kappa shape index (κ3) is 7.30. The van der Waals surface area contributed by atoms with Gasteiger partial charge in [-0.25, -0.2) is 4.98 Å². The molecule has 0 bridgehead atoms. The first kappa shape index (κ1) is 18.1. The molecule has 10 heteroatoms. The highest BCUT2D eigenvalue weighted by Gasteiger charge is 2.03. The van der Waals surface area contributed by atoms with E-state index < -0.39 is 0 Å². The lowest BCUT2D eigenvalue weighted by molar-refractivity contribution is -0.116. The van der Waals surface area contributed by atoms with Crippen LogP contribution in [0.15, 0.2) is 6.33 Å². The van der Waals surface area contributed by atoms with Crippen molar-refractivity contribution in [3.63, 3.8) is 0 Å². The predicted molar refractivity (Wildman–Crippen MR) is 80.0 cm³/mol. The Morgan fingerprint density at radius 2 is 1.52 bits per heavy atom. The van der Waals surface area contributed by atoms with E-state index in [1.54, 1.807) is 28.2 Å². The van der Waals surface area contributed by atoms with Gasteiger partial charge in [-0.15, -0.1) is 0 Å². The molecule has 2 heterocycles. The molecule has 21 heavy (non-hydrogen) atoms. The first-order valence-electron chi connectivity index (χ1n) is 5.77. The summed E-state index contributed by atoms with van der Waals surface area (Å²) in [6, 6.07) is 0. The van der Waals surface area contributed by atoms with Crippen LogP contribution in [0.25, 0.3) is 11.2 Å². The first-order chi connectivity index (χ1) is 9.81. The number of imidazole rings is 1. The van der Waals surface area contributed by atoms with Gasteiger partial charge in [0.15, 0.2) is 11.5 Å². The fourth-order valence-electron chi connectivity index (χ4n) is 0.873. The molecule has 0 fully saturated rings. The van der Waals surface area contributed by atoms with E-state index in [0.29, 0.717) is 17.0 Å². The molecular formula is C11H20N8O2. The van der Waals surface area contributed by atoms with Crippen LogP contribution in [0.5, 0.6) is 0 Å². The normalized spacial score (nSPS) is 8.76. The molecule has 0 aliphatic heterocycles. The highest BCUT2D eigenvalue weighted by atomic mass is 16.1. The number of carbonyl (C=O) groups is 2. The van der Waals surface area contributed by atoms with Gasteiger partial charge in [-0.1, -0.05) is 0 Å². The number of nitrogens with zero attached hydrogens (tertiary/aromatic N) is 5. The maximum atomic E-state index is 9.43. The second-order valence-electron chi connectivity index (χ2n) is 4.21. The van der Waals surface area contributed by atoms with Gasteiger partial charge in [0.2, 0.25) is 18.8 Å². The molecule has 0 atom stereocenters. The van der Waals surface area contributed by atoms with Crippen LogP contribution in [0.4, 0.5) is 11.8 Å². The Hall–Kier alpha value is -2.91. The van der Waals surface area contributed by atoms with E-state index in [9.17, 15) is 9.59 Å². The van der Waals surface area contributed by atoms with Crippen molar-refractivity contribution in [2.24, 2.45) is 0 Å². The summed E-state index contributed by atoms with van der Waals surface area (Å²) in [5, 5.41) is 0. The summed E-state index contributed by atoms with van der Waals surface area (Å²) in [4.78, 5) is 36.0. The van der Waals surface area contributed by atoms with Gasteiger partial charge in [0.05, 0.1) is 6.33 Å². The Balaban J connectivity index is 0.000000340. The lowest BCUT2D eigenvalue weighted by atomic mass is 10.5. The first-order valence-corrected chi connectivity index (χ1v) is 5.77. The van der Waals surface area contributed by atoms with Crippen LogP contribution in [0, 0.1) is 0 Å². The number of H-pyrrole nitrogens is 1. The number of fused-ring (bicyclic) bond motifs is 1. The standard InChI is InChI=1S/C5H6N6.2C3H7NO/c6-3-2-4(9-1-8-2)11-5(7)10-3;2*1-4(2)3-5/h1H,(H5,6,7,8,9,10,11);2*3H,1-2H3. The molecule has 2 aromatic rings. The Kier molecular flexibility index (Phi) is 7.81. The van der Waals surface area contributed by atoms with Crippen molar-refractivity contribution < 1.29 is 9.59 Å². The van der Waals surface area contributed by atoms with E-state index in [4.69, 9.17) is 11.5 Å². The molecule has 2 amide bonds. The smallest absolute Gasteiger partial charge is 0.224 e. The third-order valence-electron chi connectivity index (χ3n) is 1.75. The van der Waals surface area contributed by atoms with E-state index in [-0.39, 0.29) is 5.95 Å². The summed E-state index contributed by atoms with van der Waals surface area (Å²) in [6.07, 6.45) is 3.00. The average Bonchev–Trinajstić information content (AvgIpc) is 2.88. The molecule has 0 aliphatic rings. The Bertz CT molecular complexity index is 554. The number of nitrogens with two attached hydrogens (primary N) is 2. The SMILES string of the molecule is CN(C)C=O.CN(C)C=O.Nc1nc(N)c2[nH]cnc2n1. The second-order valence-corrected chi connectivity index (χ2v) is 4.21. The van der Waals surface area contributed by atoms with Crippen molar-refractivity contribution in [3.05, 3.63) is 6.33 Å². The number of hydrogen-bond acceptors (Lipinski definition) is 7. The molecule has 0 unspecified atom stereocenters. The number of aromatic nitrogens is 4. The number of rotatable bonds is 2. The van der Waals surface area contributed by atoms with Gasteiger partial charge in [-0.3, -0.25) is 9.59 Å². The average molecular weight is 296 g/mol. The fraction of sp³-hybridized carbons (Fsp3) is 0.364. The summed E-state index contributed by atoms with van der Waals surface area (Å²) in [5.74, 6) is 0.465. The zero-order valence-corrected chi connectivity index (χ0v) is 12.4. The largest absolute Gasteiger partial charge is 0.382 e. The van der Waals surface area contributed by atoms with Gasteiger partial charge < -0.3 is 26.3 Å². The number of carbonyl (C=O) groups excluding carboxylic acids is 2. The molecule has 0 saturated carbocycles. The van der Waals surface area contributed by atoms with E-state index in [0.717, 1.165) is 12.8 Å². The molecule has 0 spiro atoms. The van der Waals surface area contributed by atoms with Crippen molar-refractivity contribution in [1.29, 1.82) is 0 Å². The summed E-state index contributed by atoms with van der Waals surface area (Å²) >= 11 is 0. The maximum absolute atomic E-state index is 9.43. The van der Waals surface area contributed by atoms with Crippen molar-refractivity contribution >= 4 is 35.8 Å². The molecule has 0 aromatic carbocycles. The molecular weight excluding hydrogens is 276 g/mol. The highest BCUT2D eigenvalue weighted by Crippen LogP contribution is 2.12. The lowest BCUT2D eigenvalue weighted by Gasteiger charge is -1.94. The van der Waals surface area contributed by atoms with Crippen molar-refractivity contribution in [1.82, 2.24) is 29.7 Å². The number of aromatic amines is 1. The van der Waals surface area contributed by atoms with Crippen LogP contribution in [0.1, 0.15) is 0 Å². The Morgan fingerprint density at radius 1 is 1.05 bits per heavy atom. The summed E-state index contributed by atoms with van der Waals surface area (Å²) in [5.41, 5.74) is 11.9. The minimum absolute atomic E-state index is 0.141. The number of nitrogens with one attached hydrogen (secondary N) is 1. The summed E-state index contributed by atoms with van der Waals surface area (Å²) in [6.45, 7) is 0. The number of anilines is 2. The van der Waals surface area contributed by atoms with Crippen molar-refractivity contribution in [3.8, 4) is 0 Å². The zero-order chi connectivity index (χ0) is 16.4. The predicted octanol–water partition coefficient (Wildman–Crippen LogP) is -1.07. The number of nitrogen functional groups attached to an aromatic ring is 2.